The third kappa shape index (κ3) is 5.10. The van der Waals surface area contributed by atoms with Crippen LogP contribution in [0.1, 0.15) is 5.56 Å². The molecule has 0 radical (unpaired) electrons. The van der Waals surface area contributed by atoms with Crippen molar-refractivity contribution in [3.05, 3.63) is 33.8 Å². The number of benzene rings is 1. The van der Waals surface area contributed by atoms with Gasteiger partial charge in [-0.3, -0.25) is 4.90 Å². The number of hydrogen-bond donors (Lipinski definition) is 0. The summed E-state index contributed by atoms with van der Waals surface area (Å²) in [6.07, 6.45) is 2.01. The smallest absolute Gasteiger partial charge is 0.181 e. The fourth-order valence-electron chi connectivity index (χ4n) is 1.78. The lowest BCUT2D eigenvalue weighted by molar-refractivity contribution is 0.197. The predicted molar refractivity (Wildman–Crippen MR) is 92.0 cm³/mol. The first-order chi connectivity index (χ1) is 10.1. The van der Waals surface area contributed by atoms with Gasteiger partial charge in [0.25, 0.3) is 0 Å². The van der Waals surface area contributed by atoms with E-state index >= 15 is 0 Å². The molecule has 0 N–H and O–H groups in total. The maximum atomic E-state index is 5.75. The van der Waals surface area contributed by atoms with Gasteiger partial charge in [-0.2, -0.15) is 5.10 Å². The van der Waals surface area contributed by atoms with E-state index in [1.54, 1.807) is 23.1 Å². The second-order valence-corrected chi connectivity index (χ2v) is 7.40. The van der Waals surface area contributed by atoms with E-state index in [2.05, 4.69) is 23.0 Å². The van der Waals surface area contributed by atoms with Crippen molar-refractivity contribution in [2.24, 2.45) is 0 Å². The summed E-state index contributed by atoms with van der Waals surface area (Å²) >= 11 is 8.48. The molecular formula is C14H19N3OS3. The van der Waals surface area contributed by atoms with Crippen LogP contribution in [0, 0.1) is 10.9 Å². The van der Waals surface area contributed by atoms with Crippen molar-refractivity contribution in [2.75, 3.05) is 26.5 Å². The van der Waals surface area contributed by atoms with E-state index in [-0.39, 0.29) is 0 Å². The van der Waals surface area contributed by atoms with Crippen LogP contribution in [0.15, 0.2) is 28.6 Å². The fourth-order valence-corrected chi connectivity index (χ4v) is 3.52. The highest BCUT2D eigenvalue weighted by atomic mass is 32.2. The Morgan fingerprint density at radius 1 is 1.48 bits per heavy atom. The Hall–Kier alpha value is -0.890. The second-order valence-electron chi connectivity index (χ2n) is 4.72. The zero-order valence-corrected chi connectivity index (χ0v) is 14.9. The second kappa shape index (κ2) is 7.93. The van der Waals surface area contributed by atoms with E-state index in [0.717, 1.165) is 20.6 Å². The number of aryl methyl sites for hydroxylation is 1. The minimum absolute atomic E-state index is 0.646. The van der Waals surface area contributed by atoms with Gasteiger partial charge >= 0.3 is 0 Å². The van der Waals surface area contributed by atoms with Crippen molar-refractivity contribution in [1.29, 1.82) is 0 Å². The van der Waals surface area contributed by atoms with Crippen LogP contribution in [-0.4, -0.2) is 41.1 Å². The first kappa shape index (κ1) is 16.5. The van der Waals surface area contributed by atoms with Gasteiger partial charge in [-0.25, -0.2) is 4.68 Å². The molecule has 0 bridgehead atoms. The molecule has 0 aliphatic carbocycles. The third-order valence-electron chi connectivity index (χ3n) is 2.87. The van der Waals surface area contributed by atoms with Gasteiger partial charge in [-0.15, -0.1) is 0 Å². The summed E-state index contributed by atoms with van der Waals surface area (Å²) in [5.74, 6) is 0.915. The topological polar surface area (TPSA) is 30.3 Å². The Morgan fingerprint density at radius 2 is 2.29 bits per heavy atom. The highest BCUT2D eigenvalue weighted by Crippen LogP contribution is 2.19. The van der Waals surface area contributed by atoms with Crippen molar-refractivity contribution >= 4 is 35.3 Å². The fraction of sp³-hybridized carbons (Fsp3) is 0.429. The van der Waals surface area contributed by atoms with E-state index in [0.29, 0.717) is 13.3 Å². The molecule has 0 saturated carbocycles. The molecule has 4 nitrogen and oxygen atoms in total. The summed E-state index contributed by atoms with van der Waals surface area (Å²) < 4.78 is 9.43. The zero-order chi connectivity index (χ0) is 15.2. The molecule has 0 spiro atoms. The van der Waals surface area contributed by atoms with Crippen molar-refractivity contribution < 1.29 is 4.74 Å². The van der Waals surface area contributed by atoms with E-state index in [1.807, 2.05) is 36.2 Å². The van der Waals surface area contributed by atoms with Crippen LogP contribution in [0.4, 0.5) is 0 Å². The maximum Gasteiger partial charge on any atom is 0.181 e. The molecule has 7 heteroatoms. The number of aromatic nitrogens is 2. The van der Waals surface area contributed by atoms with Crippen LogP contribution < -0.4 is 4.74 Å². The van der Waals surface area contributed by atoms with Gasteiger partial charge in [0.05, 0.1) is 6.67 Å². The summed E-state index contributed by atoms with van der Waals surface area (Å²) in [7, 11) is 2.04. The Balaban J connectivity index is 1.80. The molecule has 0 unspecified atom stereocenters. The zero-order valence-electron chi connectivity index (χ0n) is 12.4. The molecule has 2 aromatic rings. The van der Waals surface area contributed by atoms with Gasteiger partial charge in [-0.05, 0) is 50.1 Å². The van der Waals surface area contributed by atoms with E-state index < -0.39 is 0 Å². The molecule has 0 saturated heterocycles. The molecule has 21 heavy (non-hydrogen) atoms. The Kier molecular flexibility index (Phi) is 6.22. The SMILES string of the molecule is CSc1nn(CN(C)CCOc2cccc(C)c2)c(=S)s1. The summed E-state index contributed by atoms with van der Waals surface area (Å²) in [4.78, 5) is 2.15. The summed E-state index contributed by atoms with van der Waals surface area (Å²) in [5.41, 5.74) is 1.21. The molecule has 1 heterocycles. The van der Waals surface area contributed by atoms with Crippen LogP contribution in [0.5, 0.6) is 5.75 Å². The number of hydrogen-bond acceptors (Lipinski definition) is 6. The average Bonchev–Trinajstić information content (AvgIpc) is 2.79. The molecule has 0 aliphatic rings. The van der Waals surface area contributed by atoms with Crippen LogP contribution in [0.3, 0.4) is 0 Å². The van der Waals surface area contributed by atoms with Gasteiger partial charge in [0.2, 0.25) is 0 Å². The van der Waals surface area contributed by atoms with E-state index in [1.165, 1.54) is 5.56 Å². The highest BCUT2D eigenvalue weighted by Gasteiger charge is 2.05. The summed E-state index contributed by atoms with van der Waals surface area (Å²) in [6, 6.07) is 8.09. The number of nitrogens with zero attached hydrogens (tertiary/aromatic N) is 3. The minimum atomic E-state index is 0.646. The van der Waals surface area contributed by atoms with Gasteiger partial charge < -0.3 is 4.74 Å². The molecule has 114 valence electrons. The summed E-state index contributed by atoms with van der Waals surface area (Å²) in [6.45, 7) is 4.22. The first-order valence-corrected chi connectivity index (χ1v) is 9.03. The number of thioether (sulfide) groups is 1. The van der Waals surface area contributed by atoms with Gasteiger partial charge in [0.1, 0.15) is 12.4 Å². The average molecular weight is 342 g/mol. The Labute approximate surface area is 138 Å². The molecule has 1 aromatic carbocycles. The number of ether oxygens (including phenoxy) is 1. The normalized spacial score (nSPS) is 11.0. The minimum Gasteiger partial charge on any atom is -0.492 e. The van der Waals surface area contributed by atoms with Crippen LogP contribution >= 0.6 is 35.3 Å². The number of rotatable bonds is 7. The van der Waals surface area contributed by atoms with Gasteiger partial charge in [0.15, 0.2) is 8.29 Å². The molecule has 1 aromatic heterocycles. The molecule has 0 amide bonds. The lowest BCUT2D eigenvalue weighted by Crippen LogP contribution is -2.27. The molecular weight excluding hydrogens is 322 g/mol. The van der Waals surface area contributed by atoms with Gasteiger partial charge in [-0.1, -0.05) is 35.2 Å². The lowest BCUT2D eigenvalue weighted by atomic mass is 10.2. The van der Waals surface area contributed by atoms with Crippen molar-refractivity contribution in [3.63, 3.8) is 0 Å². The van der Waals surface area contributed by atoms with Crippen LogP contribution in [0.25, 0.3) is 0 Å². The first-order valence-electron chi connectivity index (χ1n) is 6.58. The molecule has 0 fully saturated rings. The van der Waals surface area contributed by atoms with E-state index in [9.17, 15) is 0 Å². The van der Waals surface area contributed by atoms with Crippen molar-refractivity contribution in [3.8, 4) is 5.75 Å². The summed E-state index contributed by atoms with van der Waals surface area (Å²) in [5, 5.41) is 4.46. The quantitative estimate of drug-likeness (QED) is 0.566. The predicted octanol–water partition coefficient (Wildman–Crippen LogP) is 3.67. The number of likely N-dealkylation sites (N-methyl/N-ethyl adjacent to an activating group) is 1. The molecule has 0 aliphatic heterocycles. The standard InChI is InChI=1S/C14H19N3OS3/c1-11-5-4-6-12(9-11)18-8-7-16(2)10-17-14(19)21-13(15-17)20-3/h4-6,9H,7-8,10H2,1-3H3. The van der Waals surface area contributed by atoms with Crippen molar-refractivity contribution in [2.45, 2.75) is 17.9 Å². The van der Waals surface area contributed by atoms with E-state index in [4.69, 9.17) is 17.0 Å². The van der Waals surface area contributed by atoms with Crippen LogP contribution in [-0.2, 0) is 6.67 Å². The highest BCUT2D eigenvalue weighted by molar-refractivity contribution is 8.00. The Morgan fingerprint density at radius 3 is 2.95 bits per heavy atom. The van der Waals surface area contributed by atoms with Crippen LogP contribution in [0.2, 0.25) is 0 Å². The maximum absolute atomic E-state index is 5.75. The molecule has 0 atom stereocenters. The Bertz CT molecular complexity index is 638. The lowest BCUT2D eigenvalue weighted by Gasteiger charge is -2.16. The van der Waals surface area contributed by atoms with Gasteiger partial charge in [0, 0.05) is 6.54 Å². The van der Waals surface area contributed by atoms with Crippen molar-refractivity contribution in [1.82, 2.24) is 14.7 Å². The molecule has 2 rings (SSSR count). The largest absolute Gasteiger partial charge is 0.492 e. The monoisotopic (exact) mass is 341 g/mol. The third-order valence-corrected chi connectivity index (χ3v) is 5.15.